The molecule has 1 aromatic rings. The second kappa shape index (κ2) is 9.48. The molecule has 1 aromatic carbocycles. The van der Waals surface area contributed by atoms with Crippen LogP contribution >= 0.6 is 0 Å². The smallest absolute Gasteiger partial charge is 0.239 e. The minimum atomic E-state index is -0.334. The van der Waals surface area contributed by atoms with Gasteiger partial charge in [-0.05, 0) is 44.4 Å². The zero-order valence-corrected chi connectivity index (χ0v) is 16.2. The molecule has 1 aliphatic heterocycles. The predicted molar refractivity (Wildman–Crippen MR) is 100 cm³/mol. The number of halogens is 1. The Morgan fingerprint density at radius 2 is 1.93 bits per heavy atom. The van der Waals surface area contributed by atoms with E-state index in [0.29, 0.717) is 19.5 Å². The number of likely N-dealkylation sites (tertiary alicyclic amines) is 1. The molecular formula is C20H28FN3O3. The van der Waals surface area contributed by atoms with E-state index in [1.807, 2.05) is 13.8 Å². The molecule has 0 radical (unpaired) electrons. The number of carbonyl (C=O) groups excluding carboxylic acids is 3. The Hall–Kier alpha value is -2.44. The molecule has 148 valence electrons. The Kier molecular flexibility index (Phi) is 7.33. The van der Waals surface area contributed by atoms with Gasteiger partial charge in [0.1, 0.15) is 5.82 Å². The van der Waals surface area contributed by atoms with Crippen molar-refractivity contribution in [3.05, 3.63) is 35.6 Å². The topological polar surface area (TPSA) is 69.7 Å². The highest BCUT2D eigenvalue weighted by Gasteiger charge is 2.30. The van der Waals surface area contributed by atoms with Crippen molar-refractivity contribution in [3.8, 4) is 0 Å². The Balaban J connectivity index is 1.90. The van der Waals surface area contributed by atoms with Crippen LogP contribution in [-0.2, 0) is 20.8 Å². The maximum atomic E-state index is 13.0. The minimum absolute atomic E-state index is 0.0110. The molecule has 0 aliphatic carbocycles. The van der Waals surface area contributed by atoms with Gasteiger partial charge in [0.2, 0.25) is 17.7 Å². The molecule has 6 nitrogen and oxygen atoms in total. The van der Waals surface area contributed by atoms with Crippen LogP contribution in [0, 0.1) is 11.7 Å². The fraction of sp³-hybridized carbons (Fsp3) is 0.550. The molecule has 3 amide bonds. The lowest BCUT2D eigenvalue weighted by Crippen LogP contribution is -2.48. The van der Waals surface area contributed by atoms with Crippen molar-refractivity contribution < 1.29 is 18.8 Å². The Morgan fingerprint density at radius 1 is 1.26 bits per heavy atom. The van der Waals surface area contributed by atoms with Crippen molar-refractivity contribution in [3.63, 3.8) is 0 Å². The largest absolute Gasteiger partial charge is 0.352 e. The van der Waals surface area contributed by atoms with Crippen LogP contribution in [0.15, 0.2) is 24.3 Å². The van der Waals surface area contributed by atoms with E-state index in [2.05, 4.69) is 5.32 Å². The summed E-state index contributed by atoms with van der Waals surface area (Å²) in [4.78, 5) is 40.2. The summed E-state index contributed by atoms with van der Waals surface area (Å²) in [5.41, 5.74) is 0.748. The fourth-order valence-corrected chi connectivity index (χ4v) is 3.27. The van der Waals surface area contributed by atoms with Gasteiger partial charge < -0.3 is 15.1 Å². The molecule has 27 heavy (non-hydrogen) atoms. The van der Waals surface area contributed by atoms with Crippen LogP contribution in [0.25, 0.3) is 0 Å². The molecule has 7 heteroatoms. The first-order valence-corrected chi connectivity index (χ1v) is 9.33. The van der Waals surface area contributed by atoms with Crippen molar-refractivity contribution in [1.82, 2.24) is 15.1 Å². The molecule has 1 saturated heterocycles. The van der Waals surface area contributed by atoms with E-state index in [1.54, 1.807) is 24.1 Å². The number of hydrogen-bond donors (Lipinski definition) is 1. The van der Waals surface area contributed by atoms with Crippen molar-refractivity contribution in [1.29, 1.82) is 0 Å². The summed E-state index contributed by atoms with van der Waals surface area (Å²) in [5, 5.41) is 2.77. The summed E-state index contributed by atoms with van der Waals surface area (Å²) in [6.07, 6.45) is 1.64. The molecule has 1 N–H and O–H groups in total. The van der Waals surface area contributed by atoms with E-state index in [0.717, 1.165) is 12.0 Å². The van der Waals surface area contributed by atoms with Crippen molar-refractivity contribution in [2.45, 2.75) is 39.2 Å². The molecular weight excluding hydrogens is 349 g/mol. The summed E-state index contributed by atoms with van der Waals surface area (Å²) in [6.45, 7) is 4.71. The Morgan fingerprint density at radius 3 is 2.56 bits per heavy atom. The maximum Gasteiger partial charge on any atom is 0.239 e. The molecule has 1 aliphatic rings. The van der Waals surface area contributed by atoms with E-state index in [4.69, 9.17) is 0 Å². The summed E-state index contributed by atoms with van der Waals surface area (Å²) < 4.78 is 13.0. The van der Waals surface area contributed by atoms with Crippen LogP contribution in [0.3, 0.4) is 0 Å². The quantitative estimate of drug-likeness (QED) is 0.819. The van der Waals surface area contributed by atoms with Gasteiger partial charge in [-0.1, -0.05) is 12.1 Å². The molecule has 0 unspecified atom stereocenters. The van der Waals surface area contributed by atoms with Crippen molar-refractivity contribution >= 4 is 17.7 Å². The van der Waals surface area contributed by atoms with Crippen molar-refractivity contribution in [2.75, 3.05) is 26.7 Å². The number of carbonyl (C=O) groups is 3. The van der Waals surface area contributed by atoms with E-state index in [1.165, 1.54) is 17.0 Å². The SMILES string of the molecule is CC(C)NC(=O)CN(C)C(=O)[C@H]1CCCN(C(=O)Cc2ccc(F)cc2)C1. The van der Waals surface area contributed by atoms with Crippen molar-refractivity contribution in [2.24, 2.45) is 5.92 Å². The van der Waals surface area contributed by atoms with E-state index >= 15 is 0 Å². The molecule has 0 bridgehead atoms. The third-order valence-corrected chi connectivity index (χ3v) is 4.60. The number of hydrogen-bond acceptors (Lipinski definition) is 3. The van der Waals surface area contributed by atoms with Gasteiger partial charge in [0, 0.05) is 26.2 Å². The first kappa shape index (κ1) is 20.9. The first-order valence-electron chi connectivity index (χ1n) is 9.33. The monoisotopic (exact) mass is 377 g/mol. The van der Waals surface area contributed by atoms with Crippen LogP contribution in [0.4, 0.5) is 4.39 Å². The zero-order chi connectivity index (χ0) is 20.0. The standard InChI is InChI=1S/C20H28FN3O3/c1-14(2)22-18(25)13-23(3)20(27)16-5-4-10-24(12-16)19(26)11-15-6-8-17(21)9-7-15/h6-9,14,16H,4-5,10-13H2,1-3H3,(H,22,25)/t16-/m0/s1. The molecule has 0 spiro atoms. The van der Waals surface area contributed by atoms with Gasteiger partial charge in [-0.2, -0.15) is 0 Å². The van der Waals surface area contributed by atoms with Crippen LogP contribution in [0.1, 0.15) is 32.3 Å². The van der Waals surface area contributed by atoms with Crippen LogP contribution in [0.5, 0.6) is 0 Å². The second-order valence-electron chi connectivity index (χ2n) is 7.40. The maximum absolute atomic E-state index is 13.0. The average Bonchev–Trinajstić information content (AvgIpc) is 2.62. The van der Waals surface area contributed by atoms with Crippen LogP contribution < -0.4 is 5.32 Å². The Bertz CT molecular complexity index is 676. The number of amides is 3. The van der Waals surface area contributed by atoms with Gasteiger partial charge in [0.25, 0.3) is 0 Å². The predicted octanol–water partition coefficient (Wildman–Crippen LogP) is 1.59. The minimum Gasteiger partial charge on any atom is -0.352 e. The summed E-state index contributed by atoms with van der Waals surface area (Å²) in [5.74, 6) is -1.01. The third kappa shape index (κ3) is 6.34. The molecule has 1 heterocycles. The number of piperidine rings is 1. The number of nitrogens with zero attached hydrogens (tertiary/aromatic N) is 2. The van der Waals surface area contributed by atoms with Gasteiger partial charge in [-0.3, -0.25) is 14.4 Å². The third-order valence-electron chi connectivity index (χ3n) is 4.60. The fourth-order valence-electron chi connectivity index (χ4n) is 3.27. The number of nitrogens with one attached hydrogen (secondary N) is 1. The summed E-state index contributed by atoms with van der Waals surface area (Å²) >= 11 is 0. The number of likely N-dealkylation sites (N-methyl/N-ethyl adjacent to an activating group) is 1. The number of rotatable bonds is 6. The highest BCUT2D eigenvalue weighted by Crippen LogP contribution is 2.19. The molecule has 1 fully saturated rings. The van der Waals surface area contributed by atoms with Crippen LogP contribution in [0.2, 0.25) is 0 Å². The van der Waals surface area contributed by atoms with Gasteiger partial charge in [-0.25, -0.2) is 4.39 Å². The summed E-state index contributed by atoms with van der Waals surface area (Å²) in [6, 6.07) is 5.89. The molecule has 0 saturated carbocycles. The van der Waals surface area contributed by atoms with Gasteiger partial charge in [0.15, 0.2) is 0 Å². The average molecular weight is 377 g/mol. The van der Waals surface area contributed by atoms with E-state index < -0.39 is 0 Å². The van der Waals surface area contributed by atoms with Gasteiger partial charge in [0.05, 0.1) is 18.9 Å². The van der Waals surface area contributed by atoms with E-state index in [9.17, 15) is 18.8 Å². The lowest BCUT2D eigenvalue weighted by atomic mass is 9.96. The summed E-state index contributed by atoms with van der Waals surface area (Å²) in [7, 11) is 1.61. The number of benzene rings is 1. The van der Waals surface area contributed by atoms with Gasteiger partial charge >= 0.3 is 0 Å². The highest BCUT2D eigenvalue weighted by atomic mass is 19.1. The zero-order valence-electron chi connectivity index (χ0n) is 16.2. The first-order chi connectivity index (χ1) is 12.8. The van der Waals surface area contributed by atoms with E-state index in [-0.39, 0.29) is 48.5 Å². The highest BCUT2D eigenvalue weighted by molar-refractivity contribution is 5.86. The second-order valence-corrected chi connectivity index (χ2v) is 7.40. The lowest BCUT2D eigenvalue weighted by Gasteiger charge is -2.34. The Labute approximate surface area is 159 Å². The lowest BCUT2D eigenvalue weighted by molar-refractivity contribution is -0.142. The molecule has 1 atom stereocenters. The van der Waals surface area contributed by atoms with Gasteiger partial charge in [-0.15, -0.1) is 0 Å². The normalized spacial score (nSPS) is 16.9. The van der Waals surface area contributed by atoms with Crippen LogP contribution in [-0.4, -0.2) is 60.2 Å². The molecule has 2 rings (SSSR count). The molecule has 0 aromatic heterocycles.